The van der Waals surface area contributed by atoms with E-state index in [1.54, 1.807) is 88.5 Å². The summed E-state index contributed by atoms with van der Waals surface area (Å²) in [6.07, 6.45) is 0.387. The fourth-order valence-electron chi connectivity index (χ4n) is 16.1. The number of unbranched alkanes of at least 4 members (excludes halogenated alkanes) is 2. The number of aliphatic hydroxyl groups is 3. The summed E-state index contributed by atoms with van der Waals surface area (Å²) in [7, 11) is 0. The molecule has 816 valence electrons. The Morgan fingerprint density at radius 3 is 1.49 bits per heavy atom. The predicted octanol–water partition coefficient (Wildman–Crippen LogP) is -3.92. The molecule has 2 aromatic heterocycles. The van der Waals surface area contributed by atoms with Crippen molar-refractivity contribution in [1.29, 1.82) is 0 Å². The Kier molecular flexibility index (Phi) is 52.4. The summed E-state index contributed by atoms with van der Waals surface area (Å²) in [4.78, 5) is 259. The number of amides is 18. The van der Waals surface area contributed by atoms with Crippen LogP contribution in [0.5, 0.6) is 5.75 Å². The van der Waals surface area contributed by atoms with Crippen molar-refractivity contribution >= 4 is 129 Å². The zero-order chi connectivity index (χ0) is 108. The lowest BCUT2D eigenvalue weighted by Gasteiger charge is -2.29. The number of para-hydroxylation sites is 1. The molecule has 0 unspecified atom stereocenters. The number of imidazole rings is 1. The van der Waals surface area contributed by atoms with Crippen molar-refractivity contribution in [2.24, 2.45) is 29.0 Å². The highest BCUT2D eigenvalue weighted by Crippen LogP contribution is 2.33. The van der Waals surface area contributed by atoms with Crippen molar-refractivity contribution in [2.45, 2.75) is 272 Å². The minimum absolute atomic E-state index is 0.0541. The molecule has 2 aliphatic heterocycles. The second-order valence-corrected chi connectivity index (χ2v) is 38.5. The number of aliphatic hydroxyl groups excluding tert-OH is 3. The molecule has 18 amide bonds. The number of nitrogens with one attached hydrogen (secondary N) is 18. The molecule has 4 heterocycles. The van der Waals surface area contributed by atoms with Crippen LogP contribution in [0.15, 0.2) is 97.6 Å². The van der Waals surface area contributed by atoms with Crippen molar-refractivity contribution in [3.63, 3.8) is 0 Å². The van der Waals surface area contributed by atoms with Crippen LogP contribution < -0.4 is 102 Å². The number of nitrogens with zero attached hydrogens (tertiary/aromatic N) is 1. The minimum Gasteiger partial charge on any atom is -0.508 e. The average molecular weight is 2100 g/mol. The summed E-state index contributed by atoms with van der Waals surface area (Å²) < 4.78 is 22.3. The van der Waals surface area contributed by atoms with Crippen molar-refractivity contribution in [1.82, 2.24) is 100 Å². The number of aromatic hydroxyl groups is 1. The van der Waals surface area contributed by atoms with Crippen LogP contribution in [-0.4, -0.2) is 333 Å². The first kappa shape index (κ1) is 121. The Labute approximate surface area is 861 Å². The second kappa shape index (κ2) is 63.9. The number of hydrogen-bond acceptors (Lipinski definition) is 29. The standard InChI is InChI=1S/C98H146N22O27S/c1-54(2)43-69(107-80(127)32-35-144-37-39-146-41-42-147-40-38-145-36-34-103-79(126)23-14-13-22-77-84-76(52-148-77)117-98(143)120-84)93(138)118-82(57(6)122)96(141)115-72(45-59-17-9-8-10-18-59)90(135)110-68(29-31-81(128)129)88(133)114-74(48-62-50-102-53-105-62)92(137)112-71(46-60-24-26-63(124)27-25-60)91(136)113-73(47-61-49-104-65-20-12-11-19-64(61)65)89(134)106-56(5)86(131)109-67(28-30-78(100)125)87(132)111-70(44-55(3)4)94(139)119-83(58(7)123)97(142)116-75(51-121)95(140)108-66(85(101)130)21-15-16-33-99/h8-12,17-20,24-27,49-50,53-58,66-77,82-84,104,121-124H,13-16,21-23,28-48,51-52,99H2,1-7H3,(H2,100,125)(H2,101,130)(H,102,105)(H,103,126)(H,106,134)(H,107,127)(H,108,140)(H,109,131)(H,110,135)(H,111,132)(H,112,137)(H,113,136)(H,114,133)(H,115,141)(H,116,142)(H,118,138)(H,119,139)(H,128,129)(H2,117,120,143)/t56-,57+,58+,66-,67-,68-,69-,70-,71-,72-,73-,74-,75-,76-,77-,82-,83-,84-/m0/s1. The number of ether oxygens (including phenoxy) is 4. The molecule has 29 N–H and O–H groups in total. The number of hydrogen-bond donors (Lipinski definition) is 26. The molecule has 2 fully saturated rings. The SMILES string of the molecule is CC(C)C[C@H](NC(=O)CCOCCOCCOCCOCCNC(=O)CCCC[C@@H]1SC[C@@H]2NC(=O)N[C@@H]21)C(=O)N[C@H](C(=O)N[C@@H](Cc1ccccc1)C(=O)N[C@@H](CCC(=O)O)C(=O)N[C@@H](Cc1c[nH]cn1)C(=O)N[C@@H](Cc1ccc(O)cc1)C(=O)N[C@@H](Cc1c[nH]c2ccccc12)C(=O)N[C@@H](C)C(=O)N[C@@H](CCC(N)=O)C(=O)N[C@@H](CC(C)C)C(=O)N[C@H](C(=O)N[C@@H](CO)C(=O)N[C@@H](CCCCN)C(N)=O)[C@@H](C)O)[C@@H](C)O. The smallest absolute Gasteiger partial charge is 0.315 e. The number of H-pyrrole nitrogens is 2. The van der Waals surface area contributed by atoms with E-state index in [4.69, 9.17) is 36.1 Å². The Morgan fingerprint density at radius 2 is 0.939 bits per heavy atom. The number of rotatable bonds is 71. The first-order valence-electron chi connectivity index (χ1n) is 49.6. The molecule has 0 bridgehead atoms. The van der Waals surface area contributed by atoms with Crippen LogP contribution in [0.3, 0.4) is 0 Å². The largest absolute Gasteiger partial charge is 0.508 e. The number of benzene rings is 3. The lowest BCUT2D eigenvalue weighted by molar-refractivity contribution is -0.139. The van der Waals surface area contributed by atoms with Crippen LogP contribution in [0.1, 0.15) is 161 Å². The molecule has 0 aliphatic carbocycles. The number of aliphatic carboxylic acids is 1. The summed E-state index contributed by atoms with van der Waals surface area (Å²) in [5, 5.41) is 95.0. The van der Waals surface area contributed by atoms with E-state index in [9.17, 15) is 92.7 Å². The zero-order valence-electron chi connectivity index (χ0n) is 84.3. The van der Waals surface area contributed by atoms with E-state index in [-0.39, 0.29) is 119 Å². The van der Waals surface area contributed by atoms with E-state index in [0.29, 0.717) is 78.5 Å². The minimum atomic E-state index is -1.86. The topological polar surface area (TPSA) is 760 Å². The Morgan fingerprint density at radius 1 is 0.459 bits per heavy atom. The molecular weight excluding hydrogens is 1950 g/mol. The van der Waals surface area contributed by atoms with Gasteiger partial charge in [-0.1, -0.05) is 94.8 Å². The van der Waals surface area contributed by atoms with E-state index in [0.717, 1.165) is 31.9 Å². The van der Waals surface area contributed by atoms with Gasteiger partial charge in [-0.3, -0.25) is 81.5 Å². The number of thioether (sulfide) groups is 1. The normalized spacial score (nSPS) is 16.7. The highest BCUT2D eigenvalue weighted by Gasteiger charge is 2.44. The highest BCUT2D eigenvalue weighted by molar-refractivity contribution is 8.00. The summed E-state index contributed by atoms with van der Waals surface area (Å²) in [5.41, 5.74) is 18.5. The first-order chi connectivity index (χ1) is 70.6. The number of carboxylic acid groups (broad SMARTS) is 1. The van der Waals surface area contributed by atoms with Gasteiger partial charge in [-0.2, -0.15) is 11.8 Å². The van der Waals surface area contributed by atoms with Gasteiger partial charge >= 0.3 is 12.0 Å². The van der Waals surface area contributed by atoms with Gasteiger partial charge in [0, 0.05) is 92.2 Å². The van der Waals surface area contributed by atoms with Crippen molar-refractivity contribution in [3.05, 3.63) is 120 Å². The molecule has 18 atom stereocenters. The number of nitrogens with two attached hydrogens (primary N) is 3. The van der Waals surface area contributed by atoms with E-state index in [1.165, 1.54) is 50.6 Å². The van der Waals surface area contributed by atoms with Crippen LogP contribution >= 0.6 is 11.8 Å². The quantitative estimate of drug-likeness (QED) is 0.0131. The fourth-order valence-corrected chi connectivity index (χ4v) is 17.7. The average Bonchev–Trinajstić information content (AvgIpc) is 1.65. The summed E-state index contributed by atoms with van der Waals surface area (Å²) in [5.74, 6) is -16.8. The molecular formula is C98H146N22O27S. The number of urea groups is 1. The van der Waals surface area contributed by atoms with Crippen molar-refractivity contribution < 1.29 is 131 Å². The van der Waals surface area contributed by atoms with Gasteiger partial charge in [0.2, 0.25) is 94.5 Å². The third kappa shape index (κ3) is 43.1. The third-order valence-electron chi connectivity index (χ3n) is 24.1. The summed E-state index contributed by atoms with van der Waals surface area (Å²) in [6.45, 7) is 11.6. The molecule has 5 aromatic rings. The van der Waals surface area contributed by atoms with Gasteiger partial charge in [0.05, 0.1) is 95.8 Å². The maximum absolute atomic E-state index is 15.4. The number of primary amides is 2. The maximum atomic E-state index is 15.4. The van der Waals surface area contributed by atoms with Gasteiger partial charge < -0.3 is 157 Å². The molecule has 0 spiro atoms. The van der Waals surface area contributed by atoms with Crippen LogP contribution in [-0.2, 0) is 126 Å². The van der Waals surface area contributed by atoms with Crippen LogP contribution in [0, 0.1) is 11.8 Å². The summed E-state index contributed by atoms with van der Waals surface area (Å²) in [6, 6.07) is -0.920. The second-order valence-electron chi connectivity index (χ2n) is 37.2. The lowest BCUT2D eigenvalue weighted by Crippen LogP contribution is -2.62. The van der Waals surface area contributed by atoms with Crippen LogP contribution in [0.2, 0.25) is 0 Å². The fraction of sp³-hybridized carbons (Fsp3) is 0.582. The third-order valence-corrected chi connectivity index (χ3v) is 25.6. The summed E-state index contributed by atoms with van der Waals surface area (Å²) >= 11 is 1.84. The van der Waals surface area contributed by atoms with E-state index in [2.05, 4.69) is 100 Å². The number of aromatic amines is 2. The van der Waals surface area contributed by atoms with E-state index < -0.39 is 236 Å². The van der Waals surface area contributed by atoms with Crippen LogP contribution in [0.25, 0.3) is 10.9 Å². The van der Waals surface area contributed by atoms with Crippen molar-refractivity contribution in [2.75, 3.05) is 78.3 Å². The van der Waals surface area contributed by atoms with E-state index >= 15 is 19.2 Å². The van der Waals surface area contributed by atoms with E-state index in [1.807, 2.05) is 11.8 Å². The molecule has 50 heteroatoms. The molecule has 0 saturated carbocycles. The highest BCUT2D eigenvalue weighted by atomic mass is 32.2. The molecule has 7 rings (SSSR count). The number of phenols is 1. The van der Waals surface area contributed by atoms with Crippen LogP contribution in [0.4, 0.5) is 4.79 Å². The molecule has 2 aliphatic rings. The molecule has 3 aromatic carbocycles. The number of phenolic OH excluding ortho intramolecular Hbond substituents is 1. The Hall–Kier alpha value is -13.5. The Balaban J connectivity index is 1.00. The zero-order valence-corrected chi connectivity index (χ0v) is 85.1. The van der Waals surface area contributed by atoms with Gasteiger partial charge in [0.1, 0.15) is 84.3 Å². The molecule has 0 radical (unpaired) electrons. The van der Waals surface area contributed by atoms with Gasteiger partial charge in [0.15, 0.2) is 0 Å². The number of aromatic nitrogens is 3. The van der Waals surface area contributed by atoms with Gasteiger partial charge in [-0.15, -0.1) is 0 Å². The number of carbonyl (C=O) groups is 18. The number of fused-ring (bicyclic) bond motifs is 2. The van der Waals surface area contributed by atoms with Crippen molar-refractivity contribution in [3.8, 4) is 5.75 Å². The number of carbonyl (C=O) groups excluding carboxylic acids is 17. The first-order valence-corrected chi connectivity index (χ1v) is 50.7. The Bertz CT molecular complexity index is 5160. The predicted molar refractivity (Wildman–Crippen MR) is 539 cm³/mol. The molecule has 2 saturated heterocycles. The van der Waals surface area contributed by atoms with Gasteiger partial charge in [-0.05, 0) is 132 Å². The van der Waals surface area contributed by atoms with Gasteiger partial charge in [0.25, 0.3) is 0 Å². The molecule has 49 nitrogen and oxygen atoms in total. The maximum Gasteiger partial charge on any atom is 0.315 e. The number of carboxylic acids is 1. The van der Waals surface area contributed by atoms with Gasteiger partial charge in [-0.25, -0.2) is 9.78 Å². The lowest BCUT2D eigenvalue weighted by atomic mass is 10.0. The monoisotopic (exact) mass is 2100 g/mol. The molecule has 148 heavy (non-hydrogen) atoms.